The van der Waals surface area contributed by atoms with E-state index in [9.17, 15) is 13.2 Å². The fourth-order valence-corrected chi connectivity index (χ4v) is 2.52. The van der Waals surface area contributed by atoms with Gasteiger partial charge in [-0.2, -0.15) is 13.2 Å². The van der Waals surface area contributed by atoms with Crippen LogP contribution in [0.1, 0.15) is 16.8 Å². The summed E-state index contributed by atoms with van der Waals surface area (Å²) in [7, 11) is 0. The second-order valence-electron chi connectivity index (χ2n) is 4.66. The van der Waals surface area contributed by atoms with Gasteiger partial charge in [0.05, 0.1) is 17.8 Å². The Morgan fingerprint density at radius 1 is 1.19 bits per heavy atom. The quantitative estimate of drug-likeness (QED) is 0.759. The average Bonchev–Trinajstić information content (AvgIpc) is 2.46. The Balaban J connectivity index is 1.90. The van der Waals surface area contributed by atoms with Crippen LogP contribution in [-0.2, 0) is 19.1 Å². The molecule has 0 spiro atoms. The Morgan fingerprint density at radius 3 is 2.76 bits per heavy atom. The number of halogens is 4. The van der Waals surface area contributed by atoms with Crippen LogP contribution < -0.4 is 4.90 Å². The van der Waals surface area contributed by atoms with Crippen LogP contribution in [0.4, 0.5) is 19.0 Å². The third-order valence-electron chi connectivity index (χ3n) is 3.35. The van der Waals surface area contributed by atoms with Crippen molar-refractivity contribution in [2.24, 2.45) is 0 Å². The van der Waals surface area contributed by atoms with E-state index in [0.717, 1.165) is 23.4 Å². The zero-order valence-electron chi connectivity index (χ0n) is 10.7. The van der Waals surface area contributed by atoms with Gasteiger partial charge in [0.15, 0.2) is 0 Å². The van der Waals surface area contributed by atoms with E-state index in [1.54, 1.807) is 4.90 Å². The van der Waals surface area contributed by atoms with Crippen molar-refractivity contribution in [1.82, 2.24) is 15.0 Å². The lowest BCUT2D eigenvalue weighted by Crippen LogP contribution is -2.32. The van der Waals surface area contributed by atoms with E-state index < -0.39 is 11.7 Å². The molecule has 1 aliphatic rings. The van der Waals surface area contributed by atoms with Crippen LogP contribution >= 0.6 is 11.6 Å². The molecule has 4 nitrogen and oxygen atoms in total. The van der Waals surface area contributed by atoms with E-state index in [4.69, 9.17) is 11.6 Å². The number of hydrogen-bond donors (Lipinski definition) is 0. The first-order valence-corrected chi connectivity index (χ1v) is 6.59. The Bertz CT molecular complexity index is 675. The van der Waals surface area contributed by atoms with Gasteiger partial charge < -0.3 is 4.90 Å². The van der Waals surface area contributed by atoms with E-state index in [0.29, 0.717) is 24.7 Å². The van der Waals surface area contributed by atoms with Crippen LogP contribution in [0.5, 0.6) is 0 Å². The smallest absolute Gasteiger partial charge is 0.350 e. The molecule has 0 bridgehead atoms. The first-order valence-electron chi connectivity index (χ1n) is 6.21. The molecular weight excluding hydrogens is 305 g/mol. The Labute approximate surface area is 123 Å². The molecule has 21 heavy (non-hydrogen) atoms. The van der Waals surface area contributed by atoms with E-state index in [1.807, 2.05) is 0 Å². The van der Waals surface area contributed by atoms with Gasteiger partial charge in [0.25, 0.3) is 0 Å². The minimum atomic E-state index is -4.38. The third-order valence-corrected chi connectivity index (χ3v) is 3.68. The fraction of sp³-hybridized carbons (Fsp3) is 0.308. The zero-order valence-corrected chi connectivity index (χ0v) is 11.5. The molecule has 0 saturated carbocycles. The highest BCUT2D eigenvalue weighted by molar-refractivity contribution is 6.30. The molecule has 2 aromatic rings. The highest BCUT2D eigenvalue weighted by atomic mass is 35.5. The molecule has 0 aromatic carbocycles. The fourth-order valence-electron chi connectivity index (χ4n) is 2.28. The molecule has 0 fully saturated rings. The van der Waals surface area contributed by atoms with Crippen molar-refractivity contribution < 1.29 is 13.2 Å². The molecule has 0 atom stereocenters. The van der Waals surface area contributed by atoms with Crippen LogP contribution in [0.25, 0.3) is 0 Å². The standard InChI is InChI=1S/C13H10ClF3N4/c14-12-9-2-4-21(6-10(9)19-7-20-12)11-5-8(1-3-18-11)13(15,16)17/h1,3,5,7H,2,4,6H2. The van der Waals surface area contributed by atoms with E-state index >= 15 is 0 Å². The monoisotopic (exact) mass is 314 g/mol. The maximum absolute atomic E-state index is 12.7. The van der Waals surface area contributed by atoms with E-state index in [2.05, 4.69) is 15.0 Å². The summed E-state index contributed by atoms with van der Waals surface area (Å²) in [6, 6.07) is 2.01. The van der Waals surface area contributed by atoms with Crippen LogP contribution in [0.2, 0.25) is 5.15 Å². The molecule has 0 radical (unpaired) electrons. The molecule has 0 unspecified atom stereocenters. The van der Waals surface area contributed by atoms with Crippen LogP contribution in [0.15, 0.2) is 24.7 Å². The molecule has 0 amide bonds. The molecule has 0 N–H and O–H groups in total. The van der Waals surface area contributed by atoms with Gasteiger partial charge in [-0.05, 0) is 18.6 Å². The van der Waals surface area contributed by atoms with E-state index in [-0.39, 0.29) is 5.82 Å². The number of aromatic nitrogens is 3. The first kappa shape index (κ1) is 14.1. The summed E-state index contributed by atoms with van der Waals surface area (Å²) >= 11 is 5.99. The molecule has 3 rings (SSSR count). The van der Waals surface area contributed by atoms with Crippen molar-refractivity contribution in [1.29, 1.82) is 0 Å². The second kappa shape index (κ2) is 5.14. The molecule has 0 saturated heterocycles. The summed E-state index contributed by atoms with van der Waals surface area (Å²) in [4.78, 5) is 13.8. The Kier molecular flexibility index (Phi) is 3.44. The molecular formula is C13H10ClF3N4. The lowest BCUT2D eigenvalue weighted by Gasteiger charge is -2.29. The number of anilines is 1. The summed E-state index contributed by atoms with van der Waals surface area (Å²) in [5.41, 5.74) is 0.863. The van der Waals surface area contributed by atoms with Crippen molar-refractivity contribution in [2.75, 3.05) is 11.4 Å². The van der Waals surface area contributed by atoms with Crippen molar-refractivity contribution in [3.05, 3.63) is 46.6 Å². The van der Waals surface area contributed by atoms with Gasteiger partial charge in [0, 0.05) is 18.3 Å². The SMILES string of the molecule is FC(F)(F)c1ccnc(N2CCc3c(Cl)ncnc3C2)c1. The van der Waals surface area contributed by atoms with Crippen molar-refractivity contribution in [3.8, 4) is 0 Å². The molecule has 1 aliphatic heterocycles. The lowest BCUT2D eigenvalue weighted by atomic mass is 10.1. The highest BCUT2D eigenvalue weighted by Gasteiger charge is 2.31. The average molecular weight is 315 g/mol. The van der Waals surface area contributed by atoms with Gasteiger partial charge >= 0.3 is 6.18 Å². The molecule has 0 aliphatic carbocycles. The largest absolute Gasteiger partial charge is 0.416 e. The summed E-state index contributed by atoms with van der Waals surface area (Å²) in [5, 5.41) is 0.400. The van der Waals surface area contributed by atoms with Gasteiger partial charge in [-0.3, -0.25) is 0 Å². The summed E-state index contributed by atoms with van der Waals surface area (Å²) in [6.07, 6.45) is -1.28. The van der Waals surface area contributed by atoms with Gasteiger partial charge in [-0.15, -0.1) is 0 Å². The summed E-state index contributed by atoms with van der Waals surface area (Å²) < 4.78 is 38.2. The first-order chi connectivity index (χ1) is 9.95. The third kappa shape index (κ3) is 2.78. The Hall–Kier alpha value is -1.89. The minimum Gasteiger partial charge on any atom is -0.350 e. The number of hydrogen-bond acceptors (Lipinski definition) is 4. The molecule has 8 heteroatoms. The number of nitrogens with zero attached hydrogens (tertiary/aromatic N) is 4. The van der Waals surface area contributed by atoms with Gasteiger partial charge in [0.1, 0.15) is 17.3 Å². The number of pyridine rings is 1. The van der Waals surface area contributed by atoms with Crippen molar-refractivity contribution in [3.63, 3.8) is 0 Å². The topological polar surface area (TPSA) is 41.9 Å². The molecule has 110 valence electrons. The number of alkyl halides is 3. The number of fused-ring (bicyclic) bond motifs is 1. The molecule has 2 aromatic heterocycles. The van der Waals surface area contributed by atoms with Crippen LogP contribution in [0, 0.1) is 0 Å². The van der Waals surface area contributed by atoms with Gasteiger partial charge in [0.2, 0.25) is 0 Å². The maximum atomic E-state index is 12.7. The van der Waals surface area contributed by atoms with Crippen LogP contribution in [0.3, 0.4) is 0 Å². The second-order valence-corrected chi connectivity index (χ2v) is 5.02. The van der Waals surface area contributed by atoms with Gasteiger partial charge in [-0.25, -0.2) is 15.0 Å². The van der Waals surface area contributed by atoms with E-state index in [1.165, 1.54) is 12.5 Å². The highest BCUT2D eigenvalue weighted by Crippen LogP contribution is 2.32. The summed E-state index contributed by atoms with van der Waals surface area (Å²) in [5.74, 6) is 0.283. The maximum Gasteiger partial charge on any atom is 0.416 e. The molecule has 3 heterocycles. The normalized spacial score (nSPS) is 15.0. The lowest BCUT2D eigenvalue weighted by molar-refractivity contribution is -0.137. The summed E-state index contributed by atoms with van der Waals surface area (Å²) in [6.45, 7) is 0.889. The minimum absolute atomic E-state index is 0.283. The van der Waals surface area contributed by atoms with Crippen molar-refractivity contribution >= 4 is 17.4 Å². The predicted octanol–water partition coefficient (Wildman–Crippen LogP) is 3.11. The van der Waals surface area contributed by atoms with Gasteiger partial charge in [-0.1, -0.05) is 11.6 Å². The van der Waals surface area contributed by atoms with Crippen molar-refractivity contribution in [2.45, 2.75) is 19.1 Å². The zero-order chi connectivity index (χ0) is 15.0. The Morgan fingerprint density at radius 2 is 2.00 bits per heavy atom. The number of rotatable bonds is 1. The predicted molar refractivity (Wildman–Crippen MR) is 71.0 cm³/mol. The van der Waals surface area contributed by atoms with Crippen LogP contribution in [-0.4, -0.2) is 21.5 Å².